The minimum atomic E-state index is -0.394. The predicted molar refractivity (Wildman–Crippen MR) is 77.4 cm³/mol. The Kier molecular flexibility index (Phi) is 3.78. The molecule has 0 radical (unpaired) electrons. The number of piperidine rings is 1. The zero-order valence-electron chi connectivity index (χ0n) is 12.7. The zero-order valence-corrected chi connectivity index (χ0v) is 12.7. The van der Waals surface area contributed by atoms with Crippen LogP contribution in [0, 0.1) is 0 Å². The lowest BCUT2D eigenvalue weighted by molar-refractivity contribution is -0.141. The Bertz CT molecular complexity index is 644. The molecule has 0 aromatic carbocycles. The van der Waals surface area contributed by atoms with Gasteiger partial charge in [-0.1, -0.05) is 0 Å². The van der Waals surface area contributed by atoms with Gasteiger partial charge in [-0.3, -0.25) is 19.3 Å². The minimum Gasteiger partial charge on any atom is -0.371 e. The number of hydrogen-bond donors (Lipinski definition) is 1. The number of nitrogens with one attached hydrogen (secondary N) is 1. The van der Waals surface area contributed by atoms with Gasteiger partial charge in [-0.25, -0.2) is 0 Å². The molecule has 2 aliphatic heterocycles. The molecule has 2 aliphatic rings. The summed E-state index contributed by atoms with van der Waals surface area (Å²) in [6, 6.07) is 1.09. The first-order valence-electron chi connectivity index (χ1n) is 7.43. The molecule has 2 fully saturated rings. The summed E-state index contributed by atoms with van der Waals surface area (Å²) in [4.78, 5) is 39.2. The van der Waals surface area contributed by atoms with Crippen molar-refractivity contribution < 1.29 is 14.1 Å². The molecule has 1 atom stereocenters. The van der Waals surface area contributed by atoms with Crippen molar-refractivity contribution in [3.63, 3.8) is 0 Å². The van der Waals surface area contributed by atoms with Crippen molar-refractivity contribution in [3.05, 3.63) is 22.2 Å². The summed E-state index contributed by atoms with van der Waals surface area (Å²) in [7, 11) is 3.28. The lowest BCUT2D eigenvalue weighted by Gasteiger charge is -2.46. The van der Waals surface area contributed by atoms with Gasteiger partial charge < -0.3 is 14.7 Å². The molecule has 0 spiro atoms. The average Bonchev–Trinajstić information content (AvgIpc) is 2.77. The van der Waals surface area contributed by atoms with Gasteiger partial charge >= 0.3 is 0 Å². The Morgan fingerprint density at radius 1 is 1.32 bits per heavy atom. The number of nitrogens with zero attached hydrogens (tertiary/aromatic N) is 3. The van der Waals surface area contributed by atoms with E-state index >= 15 is 0 Å². The fraction of sp³-hybridized carbons (Fsp3) is 0.643. The molecular formula is C14H20N4O4. The Balaban J connectivity index is 1.52. The number of rotatable bonds is 3. The number of likely N-dealkylation sites (N-methyl/N-ethyl adjacent to an activating group) is 1. The summed E-state index contributed by atoms with van der Waals surface area (Å²) in [6.45, 7) is 2.11. The van der Waals surface area contributed by atoms with E-state index in [2.05, 4.69) is 10.2 Å². The highest BCUT2D eigenvalue weighted by Crippen LogP contribution is 2.21. The van der Waals surface area contributed by atoms with Crippen LogP contribution in [-0.2, 0) is 11.8 Å². The van der Waals surface area contributed by atoms with E-state index in [-0.39, 0.29) is 29.3 Å². The lowest BCUT2D eigenvalue weighted by atomic mass is 9.98. The van der Waals surface area contributed by atoms with Crippen molar-refractivity contribution >= 4 is 11.8 Å². The summed E-state index contributed by atoms with van der Waals surface area (Å²) in [5, 5.41) is 2.82. The van der Waals surface area contributed by atoms with Crippen LogP contribution in [0.4, 0.5) is 0 Å². The van der Waals surface area contributed by atoms with E-state index in [4.69, 9.17) is 4.52 Å². The van der Waals surface area contributed by atoms with Crippen LogP contribution in [0.2, 0.25) is 0 Å². The Morgan fingerprint density at radius 2 is 2.05 bits per heavy atom. The average molecular weight is 308 g/mol. The van der Waals surface area contributed by atoms with Gasteiger partial charge in [0.05, 0.1) is 18.2 Å². The fourth-order valence-corrected chi connectivity index (χ4v) is 2.99. The number of carbonyl (C=O) groups is 2. The van der Waals surface area contributed by atoms with E-state index in [0.29, 0.717) is 13.1 Å². The minimum absolute atomic E-state index is 0.0134. The normalized spacial score (nSPS) is 23.5. The van der Waals surface area contributed by atoms with Crippen molar-refractivity contribution in [3.8, 4) is 0 Å². The Hall–Kier alpha value is -2.09. The van der Waals surface area contributed by atoms with Gasteiger partial charge in [0.25, 0.3) is 11.5 Å². The standard InChI is InChI=1S/C14H20N4O4/c1-16-5-3-4-10(14(16)21)18-7-9(8-18)15-13(20)11-6-12(19)17(2)22-11/h6,9-10H,3-5,7-8H2,1-2H3,(H,15,20). The van der Waals surface area contributed by atoms with Crippen LogP contribution in [0.15, 0.2) is 15.4 Å². The van der Waals surface area contributed by atoms with Gasteiger partial charge in [0.2, 0.25) is 11.7 Å². The lowest BCUT2D eigenvalue weighted by Crippen LogP contribution is -2.65. The van der Waals surface area contributed by atoms with Gasteiger partial charge in [0.15, 0.2) is 0 Å². The summed E-state index contributed by atoms with van der Waals surface area (Å²) < 4.78 is 6.05. The fourth-order valence-electron chi connectivity index (χ4n) is 2.99. The first-order valence-corrected chi connectivity index (χ1v) is 7.43. The third kappa shape index (κ3) is 2.66. The Labute approximate surface area is 127 Å². The first-order chi connectivity index (χ1) is 10.5. The smallest absolute Gasteiger partial charge is 0.290 e. The molecule has 3 heterocycles. The zero-order chi connectivity index (χ0) is 15.9. The number of aromatic nitrogens is 1. The van der Waals surface area contributed by atoms with Gasteiger partial charge in [-0.05, 0) is 12.8 Å². The number of aryl methyl sites for hydroxylation is 1. The van der Waals surface area contributed by atoms with Crippen LogP contribution < -0.4 is 10.9 Å². The van der Waals surface area contributed by atoms with Crippen LogP contribution in [0.3, 0.4) is 0 Å². The summed E-state index contributed by atoms with van der Waals surface area (Å²) in [6.07, 6.45) is 1.88. The number of hydrogen-bond acceptors (Lipinski definition) is 5. The monoisotopic (exact) mass is 308 g/mol. The van der Waals surface area contributed by atoms with Gasteiger partial charge in [-0.2, -0.15) is 4.74 Å². The maximum Gasteiger partial charge on any atom is 0.290 e. The summed E-state index contributed by atoms with van der Waals surface area (Å²) in [5.41, 5.74) is -0.351. The topological polar surface area (TPSA) is 87.8 Å². The quantitative estimate of drug-likeness (QED) is 0.775. The van der Waals surface area contributed by atoms with E-state index in [1.54, 1.807) is 4.90 Å². The molecule has 1 N–H and O–H groups in total. The molecule has 0 saturated carbocycles. The molecule has 2 amide bonds. The molecule has 22 heavy (non-hydrogen) atoms. The van der Waals surface area contributed by atoms with E-state index < -0.39 is 5.91 Å². The van der Waals surface area contributed by atoms with Crippen LogP contribution in [0.1, 0.15) is 23.4 Å². The first kappa shape index (κ1) is 14.8. The SMILES string of the molecule is CN1CCCC(N2CC(NC(=O)c3cc(=O)n(C)o3)C2)C1=O. The second-order valence-electron chi connectivity index (χ2n) is 5.98. The molecule has 8 heteroatoms. The third-order valence-electron chi connectivity index (χ3n) is 4.34. The van der Waals surface area contributed by atoms with E-state index in [0.717, 1.165) is 24.1 Å². The molecule has 3 rings (SSSR count). The maximum atomic E-state index is 12.1. The molecule has 2 saturated heterocycles. The van der Waals surface area contributed by atoms with Crippen molar-refractivity contribution in [2.45, 2.75) is 24.9 Å². The van der Waals surface area contributed by atoms with Gasteiger partial charge in [0.1, 0.15) is 0 Å². The van der Waals surface area contributed by atoms with Gasteiger partial charge in [-0.15, -0.1) is 0 Å². The molecule has 0 aliphatic carbocycles. The van der Waals surface area contributed by atoms with E-state index in [1.165, 1.54) is 13.1 Å². The number of carbonyl (C=O) groups excluding carboxylic acids is 2. The summed E-state index contributed by atoms with van der Waals surface area (Å²) >= 11 is 0. The van der Waals surface area contributed by atoms with Crippen LogP contribution >= 0.6 is 0 Å². The highest BCUT2D eigenvalue weighted by Gasteiger charge is 2.39. The summed E-state index contributed by atoms with van der Waals surface area (Å²) in [5.74, 6) is -0.223. The maximum absolute atomic E-state index is 12.1. The number of likely N-dealkylation sites (tertiary alicyclic amines) is 2. The molecular weight excluding hydrogens is 288 g/mol. The number of amides is 2. The molecule has 120 valence electrons. The van der Waals surface area contributed by atoms with Crippen molar-refractivity contribution in [1.29, 1.82) is 0 Å². The molecule has 1 aromatic heterocycles. The van der Waals surface area contributed by atoms with Crippen molar-refractivity contribution in [2.75, 3.05) is 26.7 Å². The Morgan fingerprint density at radius 3 is 2.68 bits per heavy atom. The van der Waals surface area contributed by atoms with E-state index in [1.807, 2.05) is 7.05 Å². The van der Waals surface area contributed by atoms with Crippen molar-refractivity contribution in [2.24, 2.45) is 7.05 Å². The molecule has 0 bridgehead atoms. The second-order valence-corrected chi connectivity index (χ2v) is 5.98. The van der Waals surface area contributed by atoms with Gasteiger partial charge in [0, 0.05) is 33.7 Å². The predicted octanol–water partition coefficient (Wildman–Crippen LogP) is -0.987. The molecule has 1 aromatic rings. The van der Waals surface area contributed by atoms with E-state index in [9.17, 15) is 14.4 Å². The second kappa shape index (κ2) is 5.60. The molecule has 8 nitrogen and oxygen atoms in total. The largest absolute Gasteiger partial charge is 0.371 e. The molecule has 1 unspecified atom stereocenters. The van der Waals surface area contributed by atoms with Crippen LogP contribution in [0.25, 0.3) is 0 Å². The van der Waals surface area contributed by atoms with Crippen LogP contribution in [0.5, 0.6) is 0 Å². The van der Waals surface area contributed by atoms with Crippen molar-refractivity contribution in [1.82, 2.24) is 19.9 Å². The highest BCUT2D eigenvalue weighted by atomic mass is 16.5. The third-order valence-corrected chi connectivity index (χ3v) is 4.34. The highest BCUT2D eigenvalue weighted by molar-refractivity contribution is 5.91. The van der Waals surface area contributed by atoms with Crippen LogP contribution in [-0.4, -0.2) is 65.1 Å².